The van der Waals surface area contributed by atoms with Crippen molar-refractivity contribution in [2.24, 2.45) is 23.5 Å². The molecule has 0 spiro atoms. The summed E-state index contributed by atoms with van der Waals surface area (Å²) in [5.41, 5.74) is 7.44. The van der Waals surface area contributed by atoms with E-state index in [4.69, 9.17) is 5.73 Å². The van der Waals surface area contributed by atoms with Crippen LogP contribution in [0.3, 0.4) is 0 Å². The van der Waals surface area contributed by atoms with Crippen molar-refractivity contribution in [1.82, 2.24) is 24.7 Å². The summed E-state index contributed by atoms with van der Waals surface area (Å²) in [6.45, 7) is 6.83. The Morgan fingerprint density at radius 1 is 1.12 bits per heavy atom. The van der Waals surface area contributed by atoms with E-state index in [9.17, 15) is 9.59 Å². The zero-order valence-corrected chi connectivity index (χ0v) is 18.2. The van der Waals surface area contributed by atoms with E-state index in [-0.39, 0.29) is 11.8 Å². The van der Waals surface area contributed by atoms with Crippen LogP contribution in [0.15, 0.2) is 41.3 Å². The van der Waals surface area contributed by atoms with Gasteiger partial charge < -0.3 is 16.0 Å². The van der Waals surface area contributed by atoms with Crippen LogP contribution in [0.5, 0.6) is 0 Å². The third kappa shape index (κ3) is 4.41. The molecule has 4 N–H and O–H groups in total. The number of carbonyl (C=O) groups is 1. The lowest BCUT2D eigenvalue weighted by Crippen LogP contribution is -2.48. The maximum absolute atomic E-state index is 12.6. The zero-order chi connectivity index (χ0) is 22.1. The van der Waals surface area contributed by atoms with Gasteiger partial charge in [0.2, 0.25) is 0 Å². The van der Waals surface area contributed by atoms with Crippen LogP contribution in [0.1, 0.15) is 12.0 Å². The number of rotatable bonds is 5. The second-order valence-electron chi connectivity index (χ2n) is 9.05. The standard InChI is InChI=1S/C23H31N7O2/c24-13-19-18-5-9-28(15-20(18)19)14-16-1-3-17(4-2-16)30-10-6-21(27-23(30)32)26-22(31)29-11-7-25-8-12-29/h1-4,6,10,18-20,25H,5,7-9,11-15,24H2,(H,26,27,31,32)/t18-,19-,20-/m1/s1. The molecule has 5 rings (SSSR count). The topological polar surface area (TPSA) is 109 Å². The van der Waals surface area contributed by atoms with Gasteiger partial charge in [-0.2, -0.15) is 4.98 Å². The Labute approximate surface area is 187 Å². The Hall–Kier alpha value is -2.75. The molecule has 9 heteroatoms. The Kier molecular flexibility index (Phi) is 5.95. The maximum Gasteiger partial charge on any atom is 0.354 e. The normalized spacial score (nSPS) is 25.3. The van der Waals surface area contributed by atoms with Gasteiger partial charge in [0.25, 0.3) is 0 Å². The van der Waals surface area contributed by atoms with E-state index in [2.05, 4.69) is 32.7 Å². The Bertz CT molecular complexity index is 1010. The number of piperidine rings is 1. The van der Waals surface area contributed by atoms with Crippen molar-refractivity contribution in [2.45, 2.75) is 13.0 Å². The number of amides is 2. The minimum absolute atomic E-state index is 0.228. The lowest BCUT2D eigenvalue weighted by molar-refractivity contribution is 0.204. The van der Waals surface area contributed by atoms with Crippen molar-refractivity contribution in [1.29, 1.82) is 0 Å². The van der Waals surface area contributed by atoms with Gasteiger partial charge in [-0.25, -0.2) is 9.59 Å². The van der Waals surface area contributed by atoms with E-state index in [0.29, 0.717) is 13.1 Å². The lowest BCUT2D eigenvalue weighted by Gasteiger charge is -2.27. The first-order valence-corrected chi connectivity index (χ1v) is 11.5. The molecule has 1 aromatic heterocycles. The third-order valence-electron chi connectivity index (χ3n) is 7.09. The average Bonchev–Trinajstić information content (AvgIpc) is 3.53. The number of hydrogen-bond donors (Lipinski definition) is 3. The summed E-state index contributed by atoms with van der Waals surface area (Å²) in [5.74, 6) is 2.63. The summed E-state index contributed by atoms with van der Waals surface area (Å²) < 4.78 is 1.49. The number of fused-ring (bicyclic) bond motifs is 1. The first-order chi connectivity index (χ1) is 15.6. The molecular formula is C23H31N7O2. The van der Waals surface area contributed by atoms with E-state index < -0.39 is 5.69 Å². The fourth-order valence-corrected chi connectivity index (χ4v) is 5.18. The number of benzene rings is 1. The molecule has 2 saturated heterocycles. The Balaban J connectivity index is 1.20. The van der Waals surface area contributed by atoms with Gasteiger partial charge in [0.15, 0.2) is 0 Å². The molecule has 32 heavy (non-hydrogen) atoms. The predicted molar refractivity (Wildman–Crippen MR) is 123 cm³/mol. The molecule has 2 aliphatic heterocycles. The number of urea groups is 1. The van der Waals surface area contributed by atoms with Crippen LogP contribution in [0.25, 0.3) is 5.69 Å². The van der Waals surface area contributed by atoms with Gasteiger partial charge in [-0.3, -0.25) is 14.8 Å². The van der Waals surface area contributed by atoms with Crippen molar-refractivity contribution >= 4 is 11.8 Å². The highest BCUT2D eigenvalue weighted by Crippen LogP contribution is 2.50. The number of anilines is 1. The van der Waals surface area contributed by atoms with Gasteiger partial charge in [0.05, 0.1) is 5.69 Å². The molecule has 0 radical (unpaired) electrons. The second-order valence-corrected chi connectivity index (χ2v) is 9.05. The predicted octanol–water partition coefficient (Wildman–Crippen LogP) is 0.696. The van der Waals surface area contributed by atoms with Crippen molar-refractivity contribution in [3.8, 4) is 5.69 Å². The monoisotopic (exact) mass is 437 g/mol. The van der Waals surface area contributed by atoms with E-state index >= 15 is 0 Å². The van der Waals surface area contributed by atoms with Gasteiger partial charge in [-0.1, -0.05) is 12.1 Å². The van der Waals surface area contributed by atoms with E-state index in [1.54, 1.807) is 17.2 Å². The van der Waals surface area contributed by atoms with Crippen LogP contribution in [0.2, 0.25) is 0 Å². The molecule has 3 atom stereocenters. The quantitative estimate of drug-likeness (QED) is 0.635. The number of piperazine rings is 1. The molecule has 3 heterocycles. The zero-order valence-electron chi connectivity index (χ0n) is 18.2. The first kappa shape index (κ1) is 21.1. The number of aromatic nitrogens is 2. The number of nitrogens with two attached hydrogens (primary N) is 1. The SMILES string of the molecule is NC[C@@H]1[C@H]2CCN(Cc3ccc(-n4ccc(NC(=O)N5CCNCC5)nc4=O)cc3)C[C@@H]12. The summed E-state index contributed by atoms with van der Waals surface area (Å²) in [6, 6.07) is 9.47. The smallest absolute Gasteiger partial charge is 0.330 e. The largest absolute Gasteiger partial charge is 0.354 e. The molecule has 170 valence electrons. The van der Waals surface area contributed by atoms with Crippen molar-refractivity contribution < 1.29 is 4.79 Å². The van der Waals surface area contributed by atoms with Crippen LogP contribution in [-0.2, 0) is 6.54 Å². The number of likely N-dealkylation sites (tertiary alicyclic amines) is 1. The molecule has 3 aliphatic rings. The highest BCUT2D eigenvalue weighted by Gasteiger charge is 2.51. The molecule has 3 fully saturated rings. The summed E-state index contributed by atoms with van der Waals surface area (Å²) in [5, 5.41) is 5.93. The summed E-state index contributed by atoms with van der Waals surface area (Å²) >= 11 is 0. The Morgan fingerprint density at radius 3 is 2.62 bits per heavy atom. The van der Waals surface area contributed by atoms with Crippen molar-refractivity contribution in [3.63, 3.8) is 0 Å². The molecule has 9 nitrogen and oxygen atoms in total. The highest BCUT2D eigenvalue weighted by atomic mass is 16.2. The van der Waals surface area contributed by atoms with Crippen LogP contribution in [0, 0.1) is 17.8 Å². The summed E-state index contributed by atoms with van der Waals surface area (Å²) in [6.07, 6.45) is 2.91. The third-order valence-corrected chi connectivity index (χ3v) is 7.09. The molecule has 1 aromatic carbocycles. The number of nitrogens with zero attached hydrogens (tertiary/aromatic N) is 4. The number of carbonyl (C=O) groups excluding carboxylic acids is 1. The first-order valence-electron chi connectivity index (χ1n) is 11.5. The van der Waals surface area contributed by atoms with Crippen molar-refractivity contribution in [3.05, 3.63) is 52.6 Å². The minimum Gasteiger partial charge on any atom is -0.330 e. The van der Waals surface area contributed by atoms with Crippen LogP contribution < -0.4 is 22.1 Å². The maximum atomic E-state index is 12.6. The fourth-order valence-electron chi connectivity index (χ4n) is 5.18. The van der Waals surface area contributed by atoms with Crippen LogP contribution >= 0.6 is 0 Å². The highest BCUT2D eigenvalue weighted by molar-refractivity contribution is 5.88. The van der Waals surface area contributed by atoms with Crippen LogP contribution in [-0.4, -0.2) is 71.2 Å². The van der Waals surface area contributed by atoms with Gasteiger partial charge in [-0.05, 0) is 61.0 Å². The average molecular weight is 438 g/mol. The lowest BCUT2D eigenvalue weighted by atomic mass is 10.1. The second kappa shape index (κ2) is 9.01. The van der Waals surface area contributed by atoms with Crippen molar-refractivity contribution in [2.75, 3.05) is 51.1 Å². The molecule has 0 bridgehead atoms. The molecular weight excluding hydrogens is 406 g/mol. The number of nitrogens with one attached hydrogen (secondary N) is 2. The van der Waals surface area contributed by atoms with Gasteiger partial charge in [0.1, 0.15) is 5.82 Å². The van der Waals surface area contributed by atoms with Crippen LogP contribution in [0.4, 0.5) is 10.6 Å². The Morgan fingerprint density at radius 2 is 1.91 bits per heavy atom. The molecule has 0 unspecified atom stereocenters. The van der Waals surface area contributed by atoms with E-state index in [1.807, 2.05) is 12.1 Å². The minimum atomic E-state index is -0.417. The molecule has 2 aromatic rings. The van der Waals surface area contributed by atoms with Gasteiger partial charge >= 0.3 is 11.7 Å². The molecule has 1 saturated carbocycles. The summed E-state index contributed by atoms with van der Waals surface area (Å²) in [7, 11) is 0. The summed E-state index contributed by atoms with van der Waals surface area (Å²) in [4.78, 5) is 33.1. The molecule has 2 amide bonds. The number of hydrogen-bond acceptors (Lipinski definition) is 6. The van der Waals surface area contributed by atoms with E-state index in [1.165, 1.54) is 16.6 Å². The van der Waals surface area contributed by atoms with Gasteiger partial charge in [-0.15, -0.1) is 0 Å². The van der Waals surface area contributed by atoms with Gasteiger partial charge in [0, 0.05) is 45.5 Å². The fraction of sp³-hybridized carbons (Fsp3) is 0.522. The molecule has 1 aliphatic carbocycles. The van der Waals surface area contributed by atoms with E-state index in [0.717, 1.165) is 62.7 Å².